The molecule has 3 nitrogen and oxygen atoms in total. The van der Waals surface area contributed by atoms with E-state index in [2.05, 4.69) is 5.32 Å². The normalized spacial score (nSPS) is 15.1. The van der Waals surface area contributed by atoms with Crippen LogP contribution in [-0.2, 0) is 9.53 Å². The van der Waals surface area contributed by atoms with Gasteiger partial charge in [-0.05, 0) is 48.5 Å². The molecule has 0 aliphatic heterocycles. The second kappa shape index (κ2) is 4.30. The molecule has 0 saturated carbocycles. The Bertz CT molecular complexity index is 198. The molecule has 0 aliphatic rings. The third-order valence-electron chi connectivity index (χ3n) is 1.40. The maximum atomic E-state index is 11.6. The van der Waals surface area contributed by atoms with Crippen molar-refractivity contribution in [3.05, 3.63) is 0 Å². The number of nitrogens with one attached hydrogen (secondary N) is 1. The van der Waals surface area contributed by atoms with E-state index >= 15 is 0 Å². The fourth-order valence-corrected chi connectivity index (χ4v) is 1.06. The zero-order valence-electron chi connectivity index (χ0n) is 10.4. The number of hydrogen-bond donors (Lipinski definition) is 1. The fourth-order valence-electron chi connectivity index (χ4n) is 1.06. The highest BCUT2D eigenvalue weighted by Crippen LogP contribution is 2.11. The smallest absolute Gasteiger partial charge is 0.249 e. The summed E-state index contributed by atoms with van der Waals surface area (Å²) in [5, 5.41) is 2.88. The van der Waals surface area contributed by atoms with Crippen LogP contribution in [0.4, 0.5) is 0 Å². The minimum absolute atomic E-state index is 0.0626. The Balaban J connectivity index is 4.15. The molecule has 0 fully saturated rings. The molecule has 14 heavy (non-hydrogen) atoms. The van der Waals surface area contributed by atoms with Crippen molar-refractivity contribution < 1.29 is 9.53 Å². The lowest BCUT2D eigenvalue weighted by molar-refractivity contribution is -0.141. The van der Waals surface area contributed by atoms with Crippen LogP contribution in [0.2, 0.25) is 0 Å². The quantitative estimate of drug-likeness (QED) is 0.743. The molecule has 0 unspecified atom stereocenters. The predicted octanol–water partition coefficient (Wildman–Crippen LogP) is 2.10. The maximum Gasteiger partial charge on any atom is 0.249 e. The zero-order chi connectivity index (χ0) is 11.6. The molecule has 0 radical (unpaired) electrons. The molecule has 0 aliphatic carbocycles. The Morgan fingerprint density at radius 1 is 1.14 bits per heavy atom. The Morgan fingerprint density at radius 3 is 1.86 bits per heavy atom. The van der Waals surface area contributed by atoms with E-state index in [1.807, 2.05) is 41.5 Å². The third kappa shape index (κ3) is 6.89. The van der Waals surface area contributed by atoms with E-state index in [1.54, 1.807) is 6.92 Å². The molecule has 0 spiro atoms. The molecule has 0 saturated heterocycles. The molecule has 0 aromatic carbocycles. The van der Waals surface area contributed by atoms with Crippen molar-refractivity contribution in [3.63, 3.8) is 0 Å². The molecular weight excluding hydrogens is 178 g/mol. The first-order chi connectivity index (χ1) is 6.01. The highest BCUT2D eigenvalue weighted by molar-refractivity contribution is 5.81. The van der Waals surface area contributed by atoms with Gasteiger partial charge in [-0.2, -0.15) is 0 Å². The number of carbonyl (C=O) groups excluding carboxylic acids is 1. The van der Waals surface area contributed by atoms with Gasteiger partial charge in [0.05, 0.1) is 5.60 Å². The monoisotopic (exact) mass is 201 g/mol. The fraction of sp³-hybridized carbons (Fsp3) is 0.909. The van der Waals surface area contributed by atoms with Gasteiger partial charge in [-0.25, -0.2) is 0 Å². The largest absolute Gasteiger partial charge is 0.363 e. The van der Waals surface area contributed by atoms with Crippen LogP contribution < -0.4 is 5.32 Å². The van der Waals surface area contributed by atoms with E-state index < -0.39 is 6.10 Å². The number of amides is 1. The molecule has 1 amide bonds. The van der Waals surface area contributed by atoms with Crippen molar-refractivity contribution >= 4 is 5.91 Å². The van der Waals surface area contributed by atoms with E-state index in [1.165, 1.54) is 0 Å². The molecule has 0 aromatic rings. The summed E-state index contributed by atoms with van der Waals surface area (Å²) in [4.78, 5) is 11.6. The second-order valence-electron chi connectivity index (χ2n) is 5.61. The minimum atomic E-state index is -0.408. The Kier molecular flexibility index (Phi) is 4.13. The van der Waals surface area contributed by atoms with Crippen LogP contribution in [0.15, 0.2) is 0 Å². The summed E-state index contributed by atoms with van der Waals surface area (Å²) >= 11 is 0. The van der Waals surface area contributed by atoms with Gasteiger partial charge in [-0.15, -0.1) is 0 Å². The standard InChI is InChI=1S/C11H23NO2/c1-8(14-11(5,6)7)9(13)12-10(2,3)4/h8H,1-7H3,(H,12,13)/t8-/m0/s1. The molecule has 0 rings (SSSR count). The minimum Gasteiger partial charge on any atom is -0.363 e. The van der Waals surface area contributed by atoms with Crippen LogP contribution in [0.3, 0.4) is 0 Å². The lowest BCUT2D eigenvalue weighted by Gasteiger charge is -2.28. The number of ether oxygens (including phenoxy) is 1. The van der Waals surface area contributed by atoms with Gasteiger partial charge in [0, 0.05) is 5.54 Å². The Labute approximate surface area is 87.2 Å². The molecule has 1 N–H and O–H groups in total. The lowest BCUT2D eigenvalue weighted by atomic mass is 10.1. The highest BCUT2D eigenvalue weighted by Gasteiger charge is 2.23. The maximum absolute atomic E-state index is 11.6. The SMILES string of the molecule is C[C@H](OC(C)(C)C)C(=O)NC(C)(C)C. The van der Waals surface area contributed by atoms with Crippen LogP contribution in [0.5, 0.6) is 0 Å². The third-order valence-corrected chi connectivity index (χ3v) is 1.40. The summed E-state index contributed by atoms with van der Waals surface area (Å²) in [5.41, 5.74) is -0.485. The van der Waals surface area contributed by atoms with Gasteiger partial charge < -0.3 is 10.1 Å². The summed E-state index contributed by atoms with van der Waals surface area (Å²) in [5.74, 6) is -0.0626. The summed E-state index contributed by atoms with van der Waals surface area (Å²) in [6, 6.07) is 0. The van der Waals surface area contributed by atoms with Crippen molar-refractivity contribution in [1.82, 2.24) is 5.32 Å². The van der Waals surface area contributed by atoms with Crippen LogP contribution in [0, 0.1) is 0 Å². The summed E-state index contributed by atoms with van der Waals surface area (Å²) in [6.07, 6.45) is -0.408. The zero-order valence-corrected chi connectivity index (χ0v) is 10.4. The van der Waals surface area contributed by atoms with Crippen molar-refractivity contribution in [2.24, 2.45) is 0 Å². The molecule has 0 heterocycles. The van der Waals surface area contributed by atoms with Gasteiger partial charge in [0.2, 0.25) is 5.91 Å². The van der Waals surface area contributed by atoms with E-state index in [4.69, 9.17) is 4.74 Å². The van der Waals surface area contributed by atoms with Crippen LogP contribution in [-0.4, -0.2) is 23.2 Å². The average Bonchev–Trinajstić information content (AvgIpc) is 1.78. The second-order valence-corrected chi connectivity index (χ2v) is 5.61. The highest BCUT2D eigenvalue weighted by atomic mass is 16.5. The van der Waals surface area contributed by atoms with Crippen molar-refractivity contribution in [3.8, 4) is 0 Å². The van der Waals surface area contributed by atoms with Gasteiger partial charge >= 0.3 is 0 Å². The number of carbonyl (C=O) groups is 1. The van der Waals surface area contributed by atoms with Gasteiger partial charge in [0.25, 0.3) is 0 Å². The van der Waals surface area contributed by atoms with Gasteiger partial charge in [-0.3, -0.25) is 4.79 Å². The molecule has 84 valence electrons. The van der Waals surface area contributed by atoms with Crippen molar-refractivity contribution in [2.75, 3.05) is 0 Å². The molecule has 3 heteroatoms. The van der Waals surface area contributed by atoms with Crippen LogP contribution in [0.25, 0.3) is 0 Å². The first-order valence-corrected chi connectivity index (χ1v) is 5.01. The van der Waals surface area contributed by atoms with Crippen LogP contribution >= 0.6 is 0 Å². The summed E-state index contributed by atoms with van der Waals surface area (Å²) < 4.78 is 5.53. The van der Waals surface area contributed by atoms with Gasteiger partial charge in [-0.1, -0.05) is 0 Å². The Morgan fingerprint density at radius 2 is 1.57 bits per heavy atom. The van der Waals surface area contributed by atoms with E-state index in [-0.39, 0.29) is 17.0 Å². The molecule has 1 atom stereocenters. The topological polar surface area (TPSA) is 38.3 Å². The first-order valence-electron chi connectivity index (χ1n) is 5.01. The average molecular weight is 201 g/mol. The number of hydrogen-bond acceptors (Lipinski definition) is 2. The summed E-state index contributed by atoms with van der Waals surface area (Å²) in [6.45, 7) is 13.4. The molecule has 0 aromatic heterocycles. The summed E-state index contributed by atoms with van der Waals surface area (Å²) in [7, 11) is 0. The Hall–Kier alpha value is -0.570. The molecular formula is C11H23NO2. The van der Waals surface area contributed by atoms with Crippen molar-refractivity contribution in [1.29, 1.82) is 0 Å². The number of rotatable bonds is 2. The van der Waals surface area contributed by atoms with Crippen LogP contribution in [0.1, 0.15) is 48.5 Å². The van der Waals surface area contributed by atoms with Crippen molar-refractivity contribution in [2.45, 2.75) is 65.7 Å². The van der Waals surface area contributed by atoms with E-state index in [9.17, 15) is 4.79 Å². The van der Waals surface area contributed by atoms with Gasteiger partial charge in [0.1, 0.15) is 6.10 Å². The van der Waals surface area contributed by atoms with Gasteiger partial charge in [0.15, 0.2) is 0 Å². The first kappa shape index (κ1) is 13.4. The lowest BCUT2D eigenvalue weighted by Crippen LogP contribution is -2.47. The molecule has 0 bridgehead atoms. The predicted molar refractivity (Wildman–Crippen MR) is 58.2 cm³/mol. The van der Waals surface area contributed by atoms with E-state index in [0.717, 1.165) is 0 Å². The van der Waals surface area contributed by atoms with E-state index in [0.29, 0.717) is 0 Å².